The van der Waals surface area contributed by atoms with Crippen LogP contribution in [-0.4, -0.2) is 24.0 Å². The van der Waals surface area contributed by atoms with Crippen LogP contribution in [0, 0.1) is 0 Å². The highest BCUT2D eigenvalue weighted by Gasteiger charge is 2.05. The van der Waals surface area contributed by atoms with Gasteiger partial charge in [0.25, 0.3) is 0 Å². The van der Waals surface area contributed by atoms with Crippen LogP contribution in [0.1, 0.15) is 32.1 Å². The maximum absolute atomic E-state index is 2.52. The third-order valence-electron chi connectivity index (χ3n) is 2.59. The first-order chi connectivity index (χ1) is 6.74. The van der Waals surface area contributed by atoms with Crippen molar-refractivity contribution in [2.75, 3.05) is 13.1 Å². The average molecular weight is 211 g/mol. The Morgan fingerprint density at radius 3 is 2.71 bits per heavy atom. The minimum atomic E-state index is 0.684. The molecule has 0 aliphatic heterocycles. The molecule has 80 valence electrons. The zero-order valence-corrected chi connectivity index (χ0v) is 10.3. The van der Waals surface area contributed by atoms with Crippen molar-refractivity contribution in [1.29, 1.82) is 0 Å². The van der Waals surface area contributed by atoms with Crippen LogP contribution in [0.4, 0.5) is 0 Å². The second-order valence-corrected chi connectivity index (χ2v) is 4.94. The fourth-order valence-corrected chi connectivity index (χ4v) is 2.44. The van der Waals surface area contributed by atoms with E-state index < -0.39 is 0 Å². The number of hydrogen-bond acceptors (Lipinski definition) is 2. The molecule has 1 heterocycles. The molecule has 0 aromatic carbocycles. The van der Waals surface area contributed by atoms with Crippen LogP contribution in [0.15, 0.2) is 17.5 Å². The molecule has 1 aromatic heterocycles. The Balaban J connectivity index is 2.20. The van der Waals surface area contributed by atoms with Crippen molar-refractivity contribution in [2.24, 2.45) is 0 Å². The van der Waals surface area contributed by atoms with E-state index >= 15 is 0 Å². The van der Waals surface area contributed by atoms with E-state index in [4.69, 9.17) is 0 Å². The van der Waals surface area contributed by atoms with E-state index in [2.05, 4.69) is 43.2 Å². The third kappa shape index (κ3) is 3.81. The number of nitrogens with zero attached hydrogens (tertiary/aromatic N) is 1. The van der Waals surface area contributed by atoms with Gasteiger partial charge in [-0.2, -0.15) is 0 Å². The number of hydrogen-bond donors (Lipinski definition) is 0. The van der Waals surface area contributed by atoms with Gasteiger partial charge in [-0.15, -0.1) is 11.3 Å². The summed E-state index contributed by atoms with van der Waals surface area (Å²) in [4.78, 5) is 4.04. The molecule has 0 radical (unpaired) electrons. The van der Waals surface area contributed by atoms with Gasteiger partial charge in [-0.05, 0) is 51.2 Å². The summed E-state index contributed by atoms with van der Waals surface area (Å²) in [6.45, 7) is 9.18. The number of aryl methyl sites for hydroxylation is 1. The highest BCUT2D eigenvalue weighted by atomic mass is 32.1. The number of rotatable bonds is 6. The Morgan fingerprint density at radius 2 is 2.21 bits per heavy atom. The van der Waals surface area contributed by atoms with Crippen LogP contribution in [-0.2, 0) is 6.42 Å². The molecule has 0 spiro atoms. The summed E-state index contributed by atoms with van der Waals surface area (Å²) in [6.07, 6.45) is 2.52. The number of thiophene rings is 1. The van der Waals surface area contributed by atoms with Gasteiger partial charge in [0.2, 0.25) is 0 Å². The van der Waals surface area contributed by atoms with Gasteiger partial charge in [-0.3, -0.25) is 0 Å². The van der Waals surface area contributed by atoms with Crippen LogP contribution in [0.5, 0.6) is 0 Å². The van der Waals surface area contributed by atoms with E-state index in [9.17, 15) is 0 Å². The zero-order chi connectivity index (χ0) is 10.4. The molecule has 0 aliphatic carbocycles. The summed E-state index contributed by atoms with van der Waals surface area (Å²) in [6, 6.07) is 5.06. The summed E-state index contributed by atoms with van der Waals surface area (Å²) in [7, 11) is 0. The highest BCUT2D eigenvalue weighted by Crippen LogP contribution is 2.11. The Kier molecular flexibility index (Phi) is 5.20. The zero-order valence-electron chi connectivity index (χ0n) is 9.49. The standard InChI is InChI=1S/C12H21NS/c1-4-13(11(2)3)9-5-7-12-8-6-10-14-12/h6,8,10-11H,4-5,7,9H2,1-3H3. The van der Waals surface area contributed by atoms with Gasteiger partial charge in [-0.1, -0.05) is 13.0 Å². The van der Waals surface area contributed by atoms with Crippen molar-refractivity contribution in [3.63, 3.8) is 0 Å². The van der Waals surface area contributed by atoms with E-state index in [0.29, 0.717) is 6.04 Å². The Bertz CT molecular complexity index is 228. The van der Waals surface area contributed by atoms with E-state index in [0.717, 1.165) is 0 Å². The molecule has 1 rings (SSSR count). The normalized spacial score (nSPS) is 11.5. The van der Waals surface area contributed by atoms with Gasteiger partial charge >= 0.3 is 0 Å². The maximum atomic E-state index is 2.52. The van der Waals surface area contributed by atoms with Crippen LogP contribution < -0.4 is 0 Å². The monoisotopic (exact) mass is 211 g/mol. The van der Waals surface area contributed by atoms with Gasteiger partial charge < -0.3 is 4.90 Å². The van der Waals surface area contributed by atoms with Gasteiger partial charge in [0, 0.05) is 10.9 Å². The second-order valence-electron chi connectivity index (χ2n) is 3.91. The first-order valence-electron chi connectivity index (χ1n) is 5.50. The summed E-state index contributed by atoms with van der Waals surface area (Å²) < 4.78 is 0. The molecule has 14 heavy (non-hydrogen) atoms. The predicted molar refractivity (Wildman–Crippen MR) is 65.0 cm³/mol. The van der Waals surface area contributed by atoms with Gasteiger partial charge in [-0.25, -0.2) is 0 Å². The van der Waals surface area contributed by atoms with E-state index in [1.165, 1.54) is 30.8 Å². The summed E-state index contributed by atoms with van der Waals surface area (Å²) in [5.74, 6) is 0. The largest absolute Gasteiger partial charge is 0.301 e. The lowest BCUT2D eigenvalue weighted by Gasteiger charge is -2.24. The molecule has 0 N–H and O–H groups in total. The molecular weight excluding hydrogens is 190 g/mol. The van der Waals surface area contributed by atoms with E-state index in [-0.39, 0.29) is 0 Å². The molecule has 0 saturated carbocycles. The molecule has 0 fully saturated rings. The molecule has 1 nitrogen and oxygen atoms in total. The van der Waals surface area contributed by atoms with Crippen molar-refractivity contribution < 1.29 is 0 Å². The maximum Gasteiger partial charge on any atom is 0.00457 e. The summed E-state index contributed by atoms with van der Waals surface area (Å²) in [5, 5.41) is 2.16. The lowest BCUT2D eigenvalue weighted by Crippen LogP contribution is -2.31. The molecule has 1 aromatic rings. The minimum absolute atomic E-state index is 0.684. The smallest absolute Gasteiger partial charge is 0.00457 e. The second kappa shape index (κ2) is 6.20. The first-order valence-corrected chi connectivity index (χ1v) is 6.38. The van der Waals surface area contributed by atoms with Crippen LogP contribution in [0.25, 0.3) is 0 Å². The Labute approximate surface area is 91.8 Å². The topological polar surface area (TPSA) is 3.24 Å². The third-order valence-corrected chi connectivity index (χ3v) is 3.52. The molecule has 2 heteroatoms. The highest BCUT2D eigenvalue weighted by molar-refractivity contribution is 7.09. The Hall–Kier alpha value is -0.340. The van der Waals surface area contributed by atoms with Crippen LogP contribution in [0.2, 0.25) is 0 Å². The fourth-order valence-electron chi connectivity index (χ4n) is 1.69. The lowest BCUT2D eigenvalue weighted by atomic mass is 10.2. The SMILES string of the molecule is CCN(CCCc1cccs1)C(C)C. The van der Waals surface area contributed by atoms with Crippen molar-refractivity contribution in [3.8, 4) is 0 Å². The van der Waals surface area contributed by atoms with Gasteiger partial charge in [0.15, 0.2) is 0 Å². The average Bonchev–Trinajstić information content (AvgIpc) is 2.64. The quantitative estimate of drug-likeness (QED) is 0.697. The van der Waals surface area contributed by atoms with Crippen molar-refractivity contribution in [3.05, 3.63) is 22.4 Å². The molecule has 0 saturated heterocycles. The van der Waals surface area contributed by atoms with Crippen LogP contribution >= 0.6 is 11.3 Å². The molecule has 0 unspecified atom stereocenters. The summed E-state index contributed by atoms with van der Waals surface area (Å²) >= 11 is 1.87. The predicted octanol–water partition coefficient (Wildman–Crippen LogP) is 3.41. The van der Waals surface area contributed by atoms with Gasteiger partial charge in [0.05, 0.1) is 0 Å². The Morgan fingerprint density at radius 1 is 1.43 bits per heavy atom. The molecule has 0 amide bonds. The van der Waals surface area contributed by atoms with Crippen molar-refractivity contribution in [2.45, 2.75) is 39.7 Å². The minimum Gasteiger partial charge on any atom is -0.301 e. The van der Waals surface area contributed by atoms with E-state index in [1.807, 2.05) is 11.3 Å². The van der Waals surface area contributed by atoms with E-state index in [1.54, 1.807) is 0 Å². The van der Waals surface area contributed by atoms with Crippen molar-refractivity contribution in [1.82, 2.24) is 4.90 Å². The lowest BCUT2D eigenvalue weighted by molar-refractivity contribution is 0.231. The molecule has 0 aliphatic rings. The first kappa shape index (κ1) is 11.7. The molecule has 0 atom stereocenters. The van der Waals surface area contributed by atoms with Crippen molar-refractivity contribution >= 4 is 11.3 Å². The van der Waals surface area contributed by atoms with Gasteiger partial charge in [0.1, 0.15) is 0 Å². The molecule has 0 bridgehead atoms. The summed E-state index contributed by atoms with van der Waals surface area (Å²) in [5.41, 5.74) is 0. The molecular formula is C12H21NS. The fraction of sp³-hybridized carbons (Fsp3) is 0.667. The van der Waals surface area contributed by atoms with Crippen LogP contribution in [0.3, 0.4) is 0 Å².